The molecule has 0 saturated carbocycles. The van der Waals surface area contributed by atoms with Crippen LogP contribution in [-0.4, -0.2) is 0 Å². The second kappa shape index (κ2) is 6.47. The zero-order valence-electron chi connectivity index (χ0n) is 9.34. The highest BCUT2D eigenvalue weighted by molar-refractivity contribution is 14.1. The smallest absolute Gasteiger partial charge is 0.0635 e. The zero-order chi connectivity index (χ0) is 13.1. The number of hydrogen-bond donors (Lipinski definition) is 0. The van der Waals surface area contributed by atoms with Crippen molar-refractivity contribution in [1.29, 1.82) is 0 Å². The molecule has 2 aromatic carbocycles. The molecule has 0 bridgehead atoms. The SMILES string of the molecule is Clc1ccc(CC(Cl)c2ccccc2I)cc1Cl. The Morgan fingerprint density at radius 1 is 1.00 bits per heavy atom. The van der Waals surface area contributed by atoms with Crippen molar-refractivity contribution >= 4 is 57.4 Å². The summed E-state index contributed by atoms with van der Waals surface area (Å²) in [5.41, 5.74) is 2.23. The molecule has 1 unspecified atom stereocenters. The van der Waals surface area contributed by atoms with E-state index in [0.29, 0.717) is 10.0 Å². The Morgan fingerprint density at radius 3 is 2.39 bits per heavy atom. The molecule has 0 aromatic heterocycles. The normalized spacial score (nSPS) is 12.4. The van der Waals surface area contributed by atoms with Gasteiger partial charge in [0.05, 0.1) is 15.4 Å². The van der Waals surface area contributed by atoms with Crippen molar-refractivity contribution in [3.8, 4) is 0 Å². The molecule has 1 atom stereocenters. The van der Waals surface area contributed by atoms with Gasteiger partial charge in [0.1, 0.15) is 0 Å². The van der Waals surface area contributed by atoms with Crippen LogP contribution in [0, 0.1) is 3.57 Å². The molecule has 0 aliphatic heterocycles. The van der Waals surface area contributed by atoms with Crippen LogP contribution in [0.2, 0.25) is 10.0 Å². The van der Waals surface area contributed by atoms with E-state index in [4.69, 9.17) is 34.8 Å². The number of alkyl halides is 1. The van der Waals surface area contributed by atoms with E-state index in [-0.39, 0.29) is 5.38 Å². The van der Waals surface area contributed by atoms with Gasteiger partial charge in [0.25, 0.3) is 0 Å². The summed E-state index contributed by atoms with van der Waals surface area (Å²) in [6.45, 7) is 0. The molecule has 4 heteroatoms. The topological polar surface area (TPSA) is 0 Å². The standard InChI is InChI=1S/C14H10Cl3I/c15-11-6-5-9(8-13(11)17)7-12(16)10-3-1-2-4-14(10)18/h1-6,8,12H,7H2. The van der Waals surface area contributed by atoms with Crippen LogP contribution in [-0.2, 0) is 6.42 Å². The summed E-state index contributed by atoms with van der Waals surface area (Å²) in [6.07, 6.45) is 0.735. The third-order valence-electron chi connectivity index (χ3n) is 2.64. The molecule has 0 amide bonds. The van der Waals surface area contributed by atoms with Gasteiger partial charge in [-0.25, -0.2) is 0 Å². The minimum atomic E-state index is -0.0599. The first-order chi connectivity index (χ1) is 8.58. The van der Waals surface area contributed by atoms with E-state index in [2.05, 4.69) is 34.7 Å². The molecule has 0 aliphatic carbocycles. The van der Waals surface area contributed by atoms with Crippen molar-refractivity contribution in [3.63, 3.8) is 0 Å². The summed E-state index contributed by atoms with van der Waals surface area (Å²) in [6, 6.07) is 13.8. The summed E-state index contributed by atoms with van der Waals surface area (Å²) < 4.78 is 1.18. The lowest BCUT2D eigenvalue weighted by molar-refractivity contribution is 0.914. The quantitative estimate of drug-likeness (QED) is 0.422. The Kier molecular flexibility index (Phi) is 5.19. The van der Waals surface area contributed by atoms with Gasteiger partial charge in [0.2, 0.25) is 0 Å². The lowest BCUT2D eigenvalue weighted by Gasteiger charge is -2.12. The van der Waals surface area contributed by atoms with E-state index < -0.39 is 0 Å². The molecule has 2 rings (SSSR count). The highest BCUT2D eigenvalue weighted by atomic mass is 127. The van der Waals surface area contributed by atoms with Gasteiger partial charge < -0.3 is 0 Å². The average Bonchev–Trinajstić information content (AvgIpc) is 2.34. The van der Waals surface area contributed by atoms with Crippen LogP contribution in [0.4, 0.5) is 0 Å². The summed E-state index contributed by atoms with van der Waals surface area (Å²) in [5, 5.41) is 1.08. The largest absolute Gasteiger partial charge is 0.117 e. The summed E-state index contributed by atoms with van der Waals surface area (Å²) in [7, 11) is 0. The molecule has 0 aliphatic rings. The predicted octanol–water partition coefficient (Wildman–Crippen LogP) is 6.12. The molecule has 0 radical (unpaired) electrons. The van der Waals surface area contributed by atoms with E-state index in [1.807, 2.05) is 24.3 Å². The minimum absolute atomic E-state index is 0.0599. The second-order valence-corrected chi connectivity index (χ2v) is 6.45. The molecule has 18 heavy (non-hydrogen) atoms. The van der Waals surface area contributed by atoms with Gasteiger partial charge in [0, 0.05) is 3.57 Å². The van der Waals surface area contributed by atoms with Crippen LogP contribution in [0.1, 0.15) is 16.5 Å². The molecule has 2 aromatic rings. The van der Waals surface area contributed by atoms with Crippen LogP contribution in [0.5, 0.6) is 0 Å². The number of halogens is 4. The number of hydrogen-bond acceptors (Lipinski definition) is 0. The van der Waals surface area contributed by atoms with Crippen LogP contribution < -0.4 is 0 Å². The Hall–Kier alpha value is 0.0400. The molecule has 0 saturated heterocycles. The van der Waals surface area contributed by atoms with Crippen LogP contribution in [0.25, 0.3) is 0 Å². The summed E-state index contributed by atoms with van der Waals surface area (Å²) >= 11 is 20.6. The van der Waals surface area contributed by atoms with Gasteiger partial charge in [-0.2, -0.15) is 0 Å². The van der Waals surface area contributed by atoms with Gasteiger partial charge in [-0.3, -0.25) is 0 Å². The van der Waals surface area contributed by atoms with Crippen LogP contribution >= 0.6 is 57.4 Å². The molecule has 0 N–H and O–H groups in total. The van der Waals surface area contributed by atoms with Gasteiger partial charge in [-0.05, 0) is 58.3 Å². The fourth-order valence-electron chi connectivity index (χ4n) is 1.71. The highest BCUT2D eigenvalue weighted by Gasteiger charge is 2.12. The lowest BCUT2D eigenvalue weighted by Crippen LogP contribution is -1.98. The maximum Gasteiger partial charge on any atom is 0.0635 e. The first-order valence-electron chi connectivity index (χ1n) is 5.40. The van der Waals surface area contributed by atoms with E-state index in [1.165, 1.54) is 3.57 Å². The van der Waals surface area contributed by atoms with E-state index in [1.54, 1.807) is 6.07 Å². The molecule has 0 heterocycles. The van der Waals surface area contributed by atoms with Gasteiger partial charge in [-0.1, -0.05) is 47.5 Å². The fourth-order valence-corrected chi connectivity index (χ4v) is 3.35. The van der Waals surface area contributed by atoms with Crippen molar-refractivity contribution in [2.45, 2.75) is 11.8 Å². The Bertz CT molecular complexity index is 554. The van der Waals surface area contributed by atoms with Crippen molar-refractivity contribution in [1.82, 2.24) is 0 Å². The third-order valence-corrected chi connectivity index (χ3v) is 4.75. The van der Waals surface area contributed by atoms with E-state index >= 15 is 0 Å². The van der Waals surface area contributed by atoms with Crippen molar-refractivity contribution < 1.29 is 0 Å². The minimum Gasteiger partial charge on any atom is -0.117 e. The second-order valence-electron chi connectivity index (χ2n) is 3.94. The highest BCUT2D eigenvalue weighted by Crippen LogP contribution is 2.30. The Labute approximate surface area is 135 Å². The molecule has 0 fully saturated rings. The van der Waals surface area contributed by atoms with E-state index in [9.17, 15) is 0 Å². The molecule has 0 nitrogen and oxygen atoms in total. The van der Waals surface area contributed by atoms with Crippen LogP contribution in [0.15, 0.2) is 42.5 Å². The third kappa shape index (κ3) is 3.53. The monoisotopic (exact) mass is 410 g/mol. The first kappa shape index (κ1) is 14.4. The number of benzene rings is 2. The Balaban J connectivity index is 2.19. The maximum absolute atomic E-state index is 6.46. The predicted molar refractivity (Wildman–Crippen MR) is 87.9 cm³/mol. The molecular weight excluding hydrogens is 401 g/mol. The fraction of sp³-hybridized carbons (Fsp3) is 0.143. The average molecular weight is 411 g/mol. The summed E-state index contributed by atoms with van der Waals surface area (Å²) in [5.74, 6) is 0. The number of rotatable bonds is 3. The first-order valence-corrected chi connectivity index (χ1v) is 7.67. The molecule has 94 valence electrons. The van der Waals surface area contributed by atoms with Crippen LogP contribution in [0.3, 0.4) is 0 Å². The molecule has 0 spiro atoms. The zero-order valence-corrected chi connectivity index (χ0v) is 13.8. The lowest BCUT2D eigenvalue weighted by atomic mass is 10.0. The Morgan fingerprint density at radius 2 is 1.72 bits per heavy atom. The van der Waals surface area contributed by atoms with Gasteiger partial charge in [0.15, 0.2) is 0 Å². The van der Waals surface area contributed by atoms with Gasteiger partial charge >= 0.3 is 0 Å². The van der Waals surface area contributed by atoms with Gasteiger partial charge in [-0.15, -0.1) is 11.6 Å². The maximum atomic E-state index is 6.46. The van der Waals surface area contributed by atoms with Crippen molar-refractivity contribution in [3.05, 3.63) is 67.2 Å². The van der Waals surface area contributed by atoms with Crippen molar-refractivity contribution in [2.24, 2.45) is 0 Å². The van der Waals surface area contributed by atoms with Crippen molar-refractivity contribution in [2.75, 3.05) is 0 Å². The molecular formula is C14H10Cl3I. The van der Waals surface area contributed by atoms with E-state index in [0.717, 1.165) is 17.5 Å². The summed E-state index contributed by atoms with van der Waals surface area (Å²) in [4.78, 5) is 0.